The van der Waals surface area contributed by atoms with Crippen molar-refractivity contribution in [2.45, 2.75) is 24.4 Å². The van der Waals surface area contributed by atoms with Gasteiger partial charge in [-0.05, 0) is 19.2 Å². The van der Waals surface area contributed by atoms with Crippen LogP contribution in [0.25, 0.3) is 5.78 Å². The summed E-state index contributed by atoms with van der Waals surface area (Å²) >= 11 is 1.39. The maximum Gasteiger partial charge on any atom is 0.422 e. The molecule has 0 aliphatic carbocycles. The molecule has 4 rings (SSSR count). The first-order valence-electron chi connectivity index (χ1n) is 10.2. The number of pyridine rings is 1. The summed E-state index contributed by atoms with van der Waals surface area (Å²) in [6.07, 6.45) is -1.80. The van der Waals surface area contributed by atoms with Gasteiger partial charge in [0, 0.05) is 30.6 Å². The van der Waals surface area contributed by atoms with Crippen LogP contribution < -0.4 is 9.47 Å². The number of hydrogen-bond donors (Lipinski definition) is 0. The Morgan fingerprint density at radius 2 is 2.12 bits per heavy atom. The van der Waals surface area contributed by atoms with Gasteiger partial charge in [0.1, 0.15) is 12.7 Å². The molecule has 10 nitrogen and oxygen atoms in total. The van der Waals surface area contributed by atoms with Crippen molar-refractivity contribution in [3.63, 3.8) is 0 Å². The Hall–Kier alpha value is -3.13. The molecule has 0 N–H and O–H groups in total. The van der Waals surface area contributed by atoms with Crippen LogP contribution in [0.3, 0.4) is 0 Å². The quantitative estimate of drug-likeness (QED) is 0.454. The number of morpholine rings is 1. The van der Waals surface area contributed by atoms with E-state index in [1.807, 2.05) is 13.2 Å². The molecule has 0 spiro atoms. The number of carbonyl (C=O) groups excluding carboxylic acids is 1. The lowest BCUT2D eigenvalue weighted by atomic mass is 10.2. The van der Waals surface area contributed by atoms with Crippen LogP contribution in [0.2, 0.25) is 0 Å². The zero-order valence-electron chi connectivity index (χ0n) is 18.3. The predicted octanol–water partition coefficient (Wildman–Crippen LogP) is 2.41. The Labute approximate surface area is 196 Å². The van der Waals surface area contributed by atoms with Crippen LogP contribution in [0, 0.1) is 6.92 Å². The normalized spacial score (nSPS) is 16.6. The SMILES string of the molecule is CSc1nc2nc(C)cc(OCC3CN(C(=O)c4ccc(OCC(F)(F)F)nc4)CCO3)n2n1. The van der Waals surface area contributed by atoms with Crippen molar-refractivity contribution in [2.75, 3.05) is 39.2 Å². The molecule has 0 radical (unpaired) electrons. The van der Waals surface area contributed by atoms with Crippen molar-refractivity contribution in [1.29, 1.82) is 0 Å². The lowest BCUT2D eigenvalue weighted by Gasteiger charge is -2.32. The number of halogens is 3. The molecule has 0 saturated carbocycles. The van der Waals surface area contributed by atoms with Crippen molar-refractivity contribution in [3.05, 3.63) is 35.7 Å². The highest BCUT2D eigenvalue weighted by Crippen LogP contribution is 2.20. The van der Waals surface area contributed by atoms with Gasteiger partial charge in [0.25, 0.3) is 11.7 Å². The molecule has 1 amide bonds. The number of amides is 1. The molecule has 0 aromatic carbocycles. The molecule has 0 bridgehead atoms. The molecule has 14 heteroatoms. The van der Waals surface area contributed by atoms with Gasteiger partial charge in [0.15, 0.2) is 6.61 Å². The van der Waals surface area contributed by atoms with Gasteiger partial charge in [-0.15, -0.1) is 5.10 Å². The lowest BCUT2D eigenvalue weighted by Crippen LogP contribution is -2.47. The molecular formula is C20H21F3N6O4S. The summed E-state index contributed by atoms with van der Waals surface area (Å²) in [5.41, 5.74) is 0.957. The third kappa shape index (κ3) is 5.86. The number of fused-ring (bicyclic) bond motifs is 1. The summed E-state index contributed by atoms with van der Waals surface area (Å²) < 4.78 is 54.6. The highest BCUT2D eigenvalue weighted by atomic mass is 32.2. The van der Waals surface area contributed by atoms with Crippen LogP contribution in [0.15, 0.2) is 29.6 Å². The maximum atomic E-state index is 12.8. The number of aromatic nitrogens is 5. The second-order valence-electron chi connectivity index (χ2n) is 7.39. The summed E-state index contributed by atoms with van der Waals surface area (Å²) in [4.78, 5) is 26.9. The second-order valence-corrected chi connectivity index (χ2v) is 8.16. The van der Waals surface area contributed by atoms with Gasteiger partial charge < -0.3 is 19.1 Å². The summed E-state index contributed by atoms with van der Waals surface area (Å²) in [6, 6.07) is 4.36. The van der Waals surface area contributed by atoms with Crippen LogP contribution >= 0.6 is 11.8 Å². The average Bonchev–Trinajstić information content (AvgIpc) is 3.24. The van der Waals surface area contributed by atoms with Gasteiger partial charge in [-0.1, -0.05) is 11.8 Å². The highest BCUT2D eigenvalue weighted by molar-refractivity contribution is 7.98. The lowest BCUT2D eigenvalue weighted by molar-refractivity contribution is -0.154. The van der Waals surface area contributed by atoms with Crippen LogP contribution in [-0.2, 0) is 4.74 Å². The molecule has 3 aromatic rings. The van der Waals surface area contributed by atoms with E-state index in [0.29, 0.717) is 30.0 Å². The second kappa shape index (κ2) is 10.0. The molecule has 1 unspecified atom stereocenters. The minimum Gasteiger partial charge on any atom is -0.475 e. The number of nitrogens with zero attached hydrogens (tertiary/aromatic N) is 6. The molecule has 4 heterocycles. The topological polar surface area (TPSA) is 104 Å². The number of thioether (sulfide) groups is 1. The molecule has 1 aliphatic rings. The maximum absolute atomic E-state index is 12.8. The van der Waals surface area contributed by atoms with Crippen molar-refractivity contribution in [1.82, 2.24) is 29.5 Å². The highest BCUT2D eigenvalue weighted by Gasteiger charge is 2.29. The van der Waals surface area contributed by atoms with E-state index >= 15 is 0 Å². The fraction of sp³-hybridized carbons (Fsp3) is 0.450. The summed E-state index contributed by atoms with van der Waals surface area (Å²) in [6.45, 7) is 1.48. The molecule has 1 aliphatic heterocycles. The zero-order valence-corrected chi connectivity index (χ0v) is 19.1. The smallest absolute Gasteiger partial charge is 0.422 e. The van der Waals surface area contributed by atoms with E-state index in [9.17, 15) is 18.0 Å². The van der Waals surface area contributed by atoms with E-state index in [1.165, 1.54) is 34.6 Å². The van der Waals surface area contributed by atoms with Crippen molar-refractivity contribution >= 4 is 23.4 Å². The van der Waals surface area contributed by atoms with Crippen molar-refractivity contribution < 1.29 is 32.2 Å². The number of alkyl halides is 3. The van der Waals surface area contributed by atoms with Gasteiger partial charge >= 0.3 is 6.18 Å². The van der Waals surface area contributed by atoms with Gasteiger partial charge in [0.2, 0.25) is 16.9 Å². The van der Waals surface area contributed by atoms with Crippen molar-refractivity contribution in [3.8, 4) is 11.8 Å². The number of ether oxygens (including phenoxy) is 3. The van der Waals surface area contributed by atoms with E-state index in [1.54, 1.807) is 11.0 Å². The fourth-order valence-corrected chi connectivity index (χ4v) is 3.57. The molecular weight excluding hydrogens is 477 g/mol. The van der Waals surface area contributed by atoms with Crippen molar-refractivity contribution in [2.24, 2.45) is 0 Å². The molecule has 1 fully saturated rings. The Morgan fingerprint density at radius 1 is 1.29 bits per heavy atom. The van der Waals surface area contributed by atoms with E-state index in [-0.39, 0.29) is 30.5 Å². The first-order chi connectivity index (χ1) is 16.2. The van der Waals surface area contributed by atoms with Crippen LogP contribution in [0.5, 0.6) is 11.8 Å². The standard InChI is InChI=1S/C20H21F3N6O4S/c1-12-7-16(29-18(25-12)26-19(27-29)34-2)32-10-14-9-28(5-6-31-14)17(30)13-3-4-15(24-8-13)33-11-20(21,22)23/h3-4,7-8,14H,5-6,9-11H2,1-2H3. The Bertz CT molecular complexity index is 1160. The first-order valence-corrected chi connectivity index (χ1v) is 11.4. The summed E-state index contributed by atoms with van der Waals surface area (Å²) in [7, 11) is 0. The average molecular weight is 498 g/mol. The van der Waals surface area contributed by atoms with E-state index < -0.39 is 18.9 Å². The summed E-state index contributed by atoms with van der Waals surface area (Å²) in [5, 5.41) is 4.92. The molecule has 34 heavy (non-hydrogen) atoms. The Kier molecular flexibility index (Phi) is 7.07. The minimum atomic E-state index is -4.47. The van der Waals surface area contributed by atoms with Gasteiger partial charge in [-0.2, -0.15) is 22.7 Å². The first kappa shape index (κ1) is 24.0. The predicted molar refractivity (Wildman–Crippen MR) is 114 cm³/mol. The molecule has 1 atom stereocenters. The largest absolute Gasteiger partial charge is 0.475 e. The Balaban J connectivity index is 1.37. The summed E-state index contributed by atoms with van der Waals surface area (Å²) in [5.74, 6) is 0.363. The van der Waals surface area contributed by atoms with Crippen LogP contribution in [0.1, 0.15) is 16.1 Å². The third-order valence-electron chi connectivity index (χ3n) is 4.78. The van der Waals surface area contributed by atoms with E-state index in [4.69, 9.17) is 9.47 Å². The van der Waals surface area contributed by atoms with Gasteiger partial charge in [-0.25, -0.2) is 9.97 Å². The zero-order chi connectivity index (χ0) is 24.3. The van der Waals surface area contributed by atoms with Crippen LogP contribution in [-0.4, -0.2) is 86.8 Å². The monoisotopic (exact) mass is 498 g/mol. The van der Waals surface area contributed by atoms with Gasteiger partial charge in [-0.3, -0.25) is 4.79 Å². The number of aryl methyl sites for hydroxylation is 1. The van der Waals surface area contributed by atoms with Crippen LogP contribution in [0.4, 0.5) is 13.2 Å². The fourth-order valence-electron chi connectivity index (χ4n) is 3.24. The number of rotatable bonds is 7. The third-order valence-corrected chi connectivity index (χ3v) is 5.32. The molecule has 182 valence electrons. The number of hydrogen-bond acceptors (Lipinski definition) is 9. The Morgan fingerprint density at radius 3 is 2.82 bits per heavy atom. The molecule has 3 aromatic heterocycles. The van der Waals surface area contributed by atoms with E-state index in [0.717, 1.165) is 5.69 Å². The molecule has 1 saturated heterocycles. The van der Waals surface area contributed by atoms with E-state index in [2.05, 4.69) is 24.8 Å². The minimum absolute atomic E-state index is 0.166. The number of carbonyl (C=O) groups is 1. The van der Waals surface area contributed by atoms with Gasteiger partial charge in [0.05, 0.1) is 18.7 Å².